The number of anilines is 1. The third kappa shape index (κ3) is 4.98. The Morgan fingerprint density at radius 3 is 2.66 bits per heavy atom. The van der Waals surface area contributed by atoms with Crippen LogP contribution in [0, 0.1) is 11.8 Å². The zero-order valence-corrected chi connectivity index (χ0v) is 17.9. The van der Waals surface area contributed by atoms with Crippen LogP contribution in [0.5, 0.6) is 5.88 Å². The molecule has 1 unspecified atom stereocenters. The number of hydrogen-bond donors (Lipinski definition) is 0. The molecule has 4 rings (SSSR count). The lowest BCUT2D eigenvalue weighted by atomic mass is 9.97. The van der Waals surface area contributed by atoms with Gasteiger partial charge in [-0.15, -0.1) is 0 Å². The molecule has 0 amide bonds. The second kappa shape index (κ2) is 8.44. The summed E-state index contributed by atoms with van der Waals surface area (Å²) in [5.41, 5.74) is 0. The molecule has 2 fully saturated rings. The number of halogens is 1. The number of nitrogens with zero attached hydrogens (tertiary/aromatic N) is 4. The Morgan fingerprint density at radius 2 is 1.97 bits per heavy atom. The van der Waals surface area contributed by atoms with Crippen LogP contribution in [0.4, 0.5) is 5.95 Å². The Hall–Kier alpha value is -1.93. The van der Waals surface area contributed by atoms with Gasteiger partial charge in [0.2, 0.25) is 11.8 Å². The Labute approximate surface area is 176 Å². The minimum atomic E-state index is -3.23. The first-order valence-electron chi connectivity index (χ1n) is 9.95. The van der Waals surface area contributed by atoms with Gasteiger partial charge in [0.1, 0.15) is 0 Å². The van der Waals surface area contributed by atoms with Gasteiger partial charge in [0, 0.05) is 31.1 Å². The lowest BCUT2D eigenvalue weighted by Crippen LogP contribution is -2.42. The normalized spacial score (nSPS) is 24.3. The van der Waals surface area contributed by atoms with E-state index in [-0.39, 0.29) is 4.90 Å². The number of piperidine rings is 1. The Balaban J connectivity index is 1.29. The van der Waals surface area contributed by atoms with Crippen LogP contribution in [0.2, 0.25) is 5.02 Å². The molecule has 1 aliphatic carbocycles. The number of sulfone groups is 1. The second-order valence-electron chi connectivity index (χ2n) is 7.86. The number of aromatic nitrogens is 3. The van der Waals surface area contributed by atoms with E-state index in [1.54, 1.807) is 18.5 Å². The third-order valence-corrected chi connectivity index (χ3v) is 7.05. The van der Waals surface area contributed by atoms with Crippen LogP contribution in [-0.4, -0.2) is 48.8 Å². The van der Waals surface area contributed by atoms with E-state index < -0.39 is 9.84 Å². The molecule has 0 N–H and O–H groups in total. The topological polar surface area (TPSA) is 85.3 Å². The van der Waals surface area contributed by atoms with Gasteiger partial charge in [0.05, 0.1) is 28.9 Å². The minimum Gasteiger partial charge on any atom is -0.478 e. The van der Waals surface area contributed by atoms with Crippen molar-refractivity contribution >= 4 is 27.4 Å². The van der Waals surface area contributed by atoms with E-state index in [2.05, 4.69) is 19.9 Å². The van der Waals surface area contributed by atoms with E-state index in [0.717, 1.165) is 25.3 Å². The molecule has 9 heteroatoms. The van der Waals surface area contributed by atoms with Gasteiger partial charge >= 0.3 is 0 Å². The molecule has 3 atom stereocenters. The zero-order chi connectivity index (χ0) is 20.4. The predicted octanol–water partition coefficient (Wildman–Crippen LogP) is 3.39. The molecular weight excluding hydrogens is 412 g/mol. The predicted molar refractivity (Wildman–Crippen MR) is 111 cm³/mol. The number of rotatable bonds is 7. The van der Waals surface area contributed by atoms with E-state index in [1.165, 1.54) is 37.8 Å². The minimum absolute atomic E-state index is 0.203. The molecule has 1 saturated heterocycles. The zero-order valence-electron chi connectivity index (χ0n) is 16.4. The molecule has 1 aliphatic heterocycles. The highest BCUT2D eigenvalue weighted by molar-refractivity contribution is 7.90. The van der Waals surface area contributed by atoms with Crippen molar-refractivity contribution in [1.82, 2.24) is 15.0 Å². The molecule has 0 radical (unpaired) electrons. The van der Waals surface area contributed by atoms with Gasteiger partial charge in [-0.25, -0.2) is 23.4 Å². The van der Waals surface area contributed by atoms with Gasteiger partial charge in [-0.2, -0.15) is 0 Å². The number of hydrogen-bond acceptors (Lipinski definition) is 7. The maximum Gasteiger partial charge on any atom is 0.225 e. The third-order valence-electron chi connectivity index (χ3n) is 5.76. The van der Waals surface area contributed by atoms with Crippen LogP contribution < -0.4 is 9.64 Å². The molecule has 2 aliphatic rings. The van der Waals surface area contributed by atoms with Crippen molar-refractivity contribution in [2.45, 2.75) is 43.0 Å². The summed E-state index contributed by atoms with van der Waals surface area (Å²) >= 11 is 5.93. The molecule has 0 aromatic carbocycles. The summed E-state index contributed by atoms with van der Waals surface area (Å²) in [7, 11) is -3.23. The monoisotopic (exact) mass is 436 g/mol. The average Bonchev–Trinajstić information content (AvgIpc) is 3.48. The SMILES string of the molecule is CS(=O)(=O)c1ccc(OCC[C@H]2C[C@@H]2C2CCCCN2c2ncc(Cl)cn2)nc1. The Bertz CT molecular complexity index is 937. The van der Waals surface area contributed by atoms with Crippen molar-refractivity contribution < 1.29 is 13.2 Å². The maximum atomic E-state index is 11.5. The lowest BCUT2D eigenvalue weighted by molar-refractivity contribution is 0.283. The molecule has 3 heterocycles. The van der Waals surface area contributed by atoms with Gasteiger partial charge in [0.25, 0.3) is 0 Å². The summed E-state index contributed by atoms with van der Waals surface area (Å²) < 4.78 is 28.7. The second-order valence-corrected chi connectivity index (χ2v) is 10.3. The van der Waals surface area contributed by atoms with Crippen LogP contribution in [0.1, 0.15) is 32.1 Å². The average molecular weight is 437 g/mol. The fourth-order valence-electron chi connectivity index (χ4n) is 4.17. The first-order chi connectivity index (χ1) is 13.9. The van der Waals surface area contributed by atoms with E-state index in [0.29, 0.717) is 35.4 Å². The molecule has 7 nitrogen and oxygen atoms in total. The molecule has 0 spiro atoms. The van der Waals surface area contributed by atoms with Gasteiger partial charge in [-0.3, -0.25) is 0 Å². The fourth-order valence-corrected chi connectivity index (χ4v) is 4.82. The quantitative estimate of drug-likeness (QED) is 0.657. The standard InChI is InChI=1S/C20H25ClN4O3S/c1-29(26,27)16-5-6-19(22-13-16)28-9-7-14-10-17(14)18-4-2-3-8-25(18)20-23-11-15(21)12-24-20/h5-6,11-14,17-18H,2-4,7-10H2,1H3/t14-,17-,18?/m0/s1. The maximum absolute atomic E-state index is 11.5. The van der Waals surface area contributed by atoms with Gasteiger partial charge in [-0.05, 0) is 50.0 Å². The number of pyridine rings is 1. The summed E-state index contributed by atoms with van der Waals surface area (Å²) in [6.07, 6.45) is 11.6. The van der Waals surface area contributed by atoms with Crippen molar-refractivity contribution in [3.05, 3.63) is 35.7 Å². The summed E-state index contributed by atoms with van der Waals surface area (Å²) in [5, 5.41) is 0.557. The van der Waals surface area contributed by atoms with Gasteiger partial charge < -0.3 is 9.64 Å². The van der Waals surface area contributed by atoms with E-state index >= 15 is 0 Å². The fraction of sp³-hybridized carbons (Fsp3) is 0.550. The van der Waals surface area contributed by atoms with Crippen LogP contribution in [0.15, 0.2) is 35.6 Å². The van der Waals surface area contributed by atoms with Crippen molar-refractivity contribution in [3.8, 4) is 5.88 Å². The summed E-state index contributed by atoms with van der Waals surface area (Å²) in [6.45, 7) is 1.57. The van der Waals surface area contributed by atoms with E-state index in [4.69, 9.17) is 16.3 Å². The molecule has 2 aromatic heterocycles. The highest BCUT2D eigenvalue weighted by atomic mass is 35.5. The van der Waals surface area contributed by atoms with Crippen molar-refractivity contribution in [1.29, 1.82) is 0 Å². The Morgan fingerprint density at radius 1 is 1.17 bits per heavy atom. The van der Waals surface area contributed by atoms with Crippen molar-refractivity contribution in [2.75, 3.05) is 24.3 Å². The first kappa shape index (κ1) is 20.3. The molecule has 0 bridgehead atoms. The van der Waals surface area contributed by atoms with E-state index in [1.807, 2.05) is 0 Å². The lowest BCUT2D eigenvalue weighted by Gasteiger charge is -2.36. The van der Waals surface area contributed by atoms with Gasteiger partial charge in [0.15, 0.2) is 9.84 Å². The van der Waals surface area contributed by atoms with Crippen LogP contribution in [0.3, 0.4) is 0 Å². The van der Waals surface area contributed by atoms with Gasteiger partial charge in [-0.1, -0.05) is 11.6 Å². The van der Waals surface area contributed by atoms with Crippen molar-refractivity contribution in [3.63, 3.8) is 0 Å². The summed E-state index contributed by atoms with van der Waals surface area (Å²) in [6, 6.07) is 3.62. The molecular formula is C20H25ClN4O3S. The van der Waals surface area contributed by atoms with Crippen LogP contribution in [0.25, 0.3) is 0 Å². The highest BCUT2D eigenvalue weighted by Gasteiger charge is 2.45. The van der Waals surface area contributed by atoms with Crippen molar-refractivity contribution in [2.24, 2.45) is 11.8 Å². The molecule has 2 aromatic rings. The smallest absolute Gasteiger partial charge is 0.225 e. The first-order valence-corrected chi connectivity index (χ1v) is 12.2. The van der Waals surface area contributed by atoms with Crippen LogP contribution in [-0.2, 0) is 9.84 Å². The molecule has 1 saturated carbocycles. The largest absolute Gasteiger partial charge is 0.478 e. The highest BCUT2D eigenvalue weighted by Crippen LogP contribution is 2.48. The van der Waals surface area contributed by atoms with Crippen LogP contribution >= 0.6 is 11.6 Å². The summed E-state index contributed by atoms with van der Waals surface area (Å²) in [4.78, 5) is 15.5. The van der Waals surface area contributed by atoms with E-state index in [9.17, 15) is 8.42 Å². The molecule has 29 heavy (non-hydrogen) atoms. The Kier molecular flexibility index (Phi) is 5.92. The summed E-state index contributed by atoms with van der Waals surface area (Å²) in [5.74, 6) is 2.50. The number of ether oxygens (including phenoxy) is 1. The molecule has 156 valence electrons.